The van der Waals surface area contributed by atoms with Gasteiger partial charge in [0.25, 0.3) is 5.56 Å². The quantitative estimate of drug-likeness (QED) is 0.735. The van der Waals surface area contributed by atoms with Crippen LogP contribution in [0.15, 0.2) is 35.1 Å². The van der Waals surface area contributed by atoms with Crippen molar-refractivity contribution in [2.24, 2.45) is 0 Å². The Morgan fingerprint density at radius 1 is 1.20 bits per heavy atom. The van der Waals surface area contributed by atoms with Crippen LogP contribution in [0.5, 0.6) is 0 Å². The second-order valence-electron chi connectivity index (χ2n) is 5.33. The van der Waals surface area contributed by atoms with Crippen molar-refractivity contribution in [3.05, 3.63) is 57.5 Å². The van der Waals surface area contributed by atoms with Crippen LogP contribution in [-0.2, 0) is 12.8 Å². The first-order valence-corrected chi connectivity index (χ1v) is 6.94. The van der Waals surface area contributed by atoms with E-state index in [1.807, 2.05) is 37.3 Å². The molecule has 0 radical (unpaired) electrons. The third kappa shape index (κ3) is 1.48. The molecule has 1 aliphatic carbocycles. The van der Waals surface area contributed by atoms with Gasteiger partial charge in [0.1, 0.15) is 0 Å². The molecule has 2 aromatic heterocycles. The number of benzene rings is 1. The predicted molar refractivity (Wildman–Crippen MR) is 78.0 cm³/mol. The summed E-state index contributed by atoms with van der Waals surface area (Å²) in [6.07, 6.45) is 2.81. The number of H-pyrrole nitrogens is 1. The zero-order valence-corrected chi connectivity index (χ0v) is 11.3. The van der Waals surface area contributed by atoms with Crippen molar-refractivity contribution in [3.63, 3.8) is 0 Å². The van der Waals surface area contributed by atoms with Crippen molar-refractivity contribution in [2.45, 2.75) is 26.2 Å². The van der Waals surface area contributed by atoms with E-state index < -0.39 is 0 Å². The normalized spacial score (nSPS) is 13.8. The smallest absolute Gasteiger partial charge is 0.276 e. The van der Waals surface area contributed by atoms with E-state index in [1.165, 1.54) is 0 Å². The molecule has 0 atom stereocenters. The Morgan fingerprint density at radius 3 is 2.80 bits per heavy atom. The molecule has 0 unspecified atom stereocenters. The Balaban J connectivity index is 2.05. The molecule has 0 spiro atoms. The zero-order chi connectivity index (χ0) is 13.7. The molecule has 1 aliphatic rings. The third-order valence-electron chi connectivity index (χ3n) is 4.10. The van der Waals surface area contributed by atoms with Gasteiger partial charge in [-0.05, 0) is 31.7 Å². The van der Waals surface area contributed by atoms with Crippen LogP contribution in [0, 0.1) is 6.92 Å². The highest BCUT2D eigenvalue weighted by atomic mass is 16.1. The van der Waals surface area contributed by atoms with Gasteiger partial charge in [-0.25, -0.2) is 9.50 Å². The van der Waals surface area contributed by atoms with Gasteiger partial charge in [-0.2, -0.15) is 0 Å². The summed E-state index contributed by atoms with van der Waals surface area (Å²) in [5.41, 5.74) is 5.76. The van der Waals surface area contributed by atoms with E-state index in [0.717, 1.165) is 53.0 Å². The molecule has 0 saturated heterocycles. The number of hydrogen-bond acceptors (Lipinski definition) is 2. The van der Waals surface area contributed by atoms with Gasteiger partial charge in [0, 0.05) is 11.1 Å². The number of nitrogens with one attached hydrogen (secondary N) is 1. The molecule has 0 bridgehead atoms. The summed E-state index contributed by atoms with van der Waals surface area (Å²) < 4.78 is 1.60. The van der Waals surface area contributed by atoms with Crippen LogP contribution < -0.4 is 5.56 Å². The Labute approximate surface area is 116 Å². The lowest BCUT2D eigenvalue weighted by molar-refractivity contribution is 0.873. The maximum atomic E-state index is 12.5. The van der Waals surface area contributed by atoms with Gasteiger partial charge in [-0.3, -0.25) is 9.89 Å². The fourth-order valence-corrected chi connectivity index (χ4v) is 3.04. The number of rotatable bonds is 1. The number of aryl methyl sites for hydroxylation is 2. The van der Waals surface area contributed by atoms with Gasteiger partial charge in [-0.15, -0.1) is 0 Å². The standard InChI is InChI=1S/C16H15N3O/c1-10-14(11-6-3-2-4-7-11)18-19-15(10)17-13-9-5-8-12(13)16(19)20/h2-4,6-7,18H,5,8-9H2,1H3. The molecular formula is C16H15N3O. The molecule has 2 heterocycles. The van der Waals surface area contributed by atoms with E-state index in [1.54, 1.807) is 4.52 Å². The highest BCUT2D eigenvalue weighted by Gasteiger charge is 2.21. The predicted octanol–water partition coefficient (Wildman–Crippen LogP) is 2.49. The van der Waals surface area contributed by atoms with Crippen LogP contribution in [-0.4, -0.2) is 14.6 Å². The molecule has 0 amide bonds. The molecule has 4 heteroatoms. The molecule has 100 valence electrons. The van der Waals surface area contributed by atoms with E-state index >= 15 is 0 Å². The van der Waals surface area contributed by atoms with Gasteiger partial charge in [0.15, 0.2) is 5.65 Å². The molecule has 0 saturated carbocycles. The van der Waals surface area contributed by atoms with Gasteiger partial charge in [0.05, 0.1) is 11.4 Å². The Bertz CT molecular complexity index is 859. The second kappa shape index (κ2) is 4.07. The fourth-order valence-electron chi connectivity index (χ4n) is 3.04. The van der Waals surface area contributed by atoms with Crippen LogP contribution in [0.2, 0.25) is 0 Å². The van der Waals surface area contributed by atoms with Crippen LogP contribution >= 0.6 is 0 Å². The monoisotopic (exact) mass is 265 g/mol. The summed E-state index contributed by atoms with van der Waals surface area (Å²) in [5.74, 6) is 0. The molecule has 3 aromatic rings. The van der Waals surface area contributed by atoms with Gasteiger partial charge >= 0.3 is 0 Å². The summed E-state index contributed by atoms with van der Waals surface area (Å²) in [4.78, 5) is 17.2. The van der Waals surface area contributed by atoms with Crippen molar-refractivity contribution >= 4 is 5.65 Å². The van der Waals surface area contributed by atoms with Crippen LogP contribution in [0.3, 0.4) is 0 Å². The first kappa shape index (κ1) is 11.5. The summed E-state index contributed by atoms with van der Waals surface area (Å²) in [6, 6.07) is 10.1. The molecule has 1 N–H and O–H groups in total. The second-order valence-corrected chi connectivity index (χ2v) is 5.33. The summed E-state index contributed by atoms with van der Waals surface area (Å²) in [6.45, 7) is 2.02. The van der Waals surface area contributed by atoms with Crippen molar-refractivity contribution in [1.29, 1.82) is 0 Å². The average Bonchev–Trinajstić information content (AvgIpc) is 3.07. The topological polar surface area (TPSA) is 50.2 Å². The Morgan fingerprint density at radius 2 is 2.00 bits per heavy atom. The van der Waals surface area contributed by atoms with Crippen molar-refractivity contribution in [3.8, 4) is 11.3 Å². The lowest BCUT2D eigenvalue weighted by Crippen LogP contribution is -2.20. The van der Waals surface area contributed by atoms with Crippen molar-refractivity contribution in [2.75, 3.05) is 0 Å². The number of aromatic amines is 1. The van der Waals surface area contributed by atoms with E-state index in [0.29, 0.717) is 0 Å². The molecule has 4 nitrogen and oxygen atoms in total. The molecule has 0 aliphatic heterocycles. The average molecular weight is 265 g/mol. The molecule has 1 aromatic carbocycles. The number of fused-ring (bicyclic) bond motifs is 2. The van der Waals surface area contributed by atoms with Crippen molar-refractivity contribution in [1.82, 2.24) is 14.6 Å². The van der Waals surface area contributed by atoms with E-state index in [2.05, 4.69) is 5.10 Å². The summed E-state index contributed by atoms with van der Waals surface area (Å²) in [7, 11) is 0. The maximum Gasteiger partial charge on any atom is 0.276 e. The summed E-state index contributed by atoms with van der Waals surface area (Å²) in [5, 5.41) is 3.22. The van der Waals surface area contributed by atoms with E-state index in [-0.39, 0.29) is 5.56 Å². The highest BCUT2D eigenvalue weighted by Crippen LogP contribution is 2.25. The SMILES string of the molecule is Cc1c(-c2ccccc2)[nH]n2c(=O)c3c(nc12)CCC3. The summed E-state index contributed by atoms with van der Waals surface area (Å²) >= 11 is 0. The lowest BCUT2D eigenvalue weighted by atomic mass is 10.1. The minimum Gasteiger partial charge on any atom is -0.289 e. The minimum absolute atomic E-state index is 0.0628. The van der Waals surface area contributed by atoms with E-state index in [4.69, 9.17) is 4.98 Å². The number of aromatic nitrogens is 3. The molecule has 0 fully saturated rings. The molecule has 20 heavy (non-hydrogen) atoms. The lowest BCUT2D eigenvalue weighted by Gasteiger charge is -1.99. The third-order valence-corrected chi connectivity index (χ3v) is 4.10. The maximum absolute atomic E-state index is 12.5. The zero-order valence-electron chi connectivity index (χ0n) is 11.3. The van der Waals surface area contributed by atoms with E-state index in [9.17, 15) is 4.79 Å². The van der Waals surface area contributed by atoms with Crippen molar-refractivity contribution < 1.29 is 0 Å². The fraction of sp³-hybridized carbons (Fsp3) is 0.250. The van der Waals surface area contributed by atoms with Crippen LogP contribution in [0.1, 0.15) is 23.2 Å². The largest absolute Gasteiger partial charge is 0.289 e. The number of nitrogens with zero attached hydrogens (tertiary/aromatic N) is 2. The molecular weight excluding hydrogens is 250 g/mol. The first-order chi connectivity index (χ1) is 9.75. The van der Waals surface area contributed by atoms with Gasteiger partial charge in [0.2, 0.25) is 0 Å². The number of hydrogen-bond donors (Lipinski definition) is 1. The highest BCUT2D eigenvalue weighted by molar-refractivity contribution is 5.70. The van der Waals surface area contributed by atoms with Gasteiger partial charge in [-0.1, -0.05) is 30.3 Å². The minimum atomic E-state index is 0.0628. The Hall–Kier alpha value is -2.36. The molecule has 4 rings (SSSR count). The van der Waals surface area contributed by atoms with Crippen LogP contribution in [0.4, 0.5) is 0 Å². The first-order valence-electron chi connectivity index (χ1n) is 6.94. The Kier molecular flexibility index (Phi) is 2.33. The van der Waals surface area contributed by atoms with Gasteiger partial charge < -0.3 is 0 Å². The van der Waals surface area contributed by atoms with Crippen LogP contribution in [0.25, 0.3) is 16.9 Å².